The molecule has 4 heteroatoms. The number of hydrogen-bond donors (Lipinski definition) is 2. The lowest BCUT2D eigenvalue weighted by Gasteiger charge is -2.18. The molecule has 0 radical (unpaired) electrons. The molecular formula is C13H20N2O2. The second-order valence-electron chi connectivity index (χ2n) is 4.94. The average Bonchev–Trinajstić information content (AvgIpc) is 2.88. The van der Waals surface area contributed by atoms with Gasteiger partial charge in [0.25, 0.3) is 0 Å². The molecule has 0 aromatic carbocycles. The van der Waals surface area contributed by atoms with Crippen LogP contribution in [0.15, 0.2) is 22.8 Å². The molecule has 3 atom stereocenters. The number of carbonyl (C=O) groups excluding carboxylic acids is 1. The van der Waals surface area contributed by atoms with Gasteiger partial charge in [-0.2, -0.15) is 0 Å². The van der Waals surface area contributed by atoms with Crippen LogP contribution in [-0.4, -0.2) is 25.0 Å². The van der Waals surface area contributed by atoms with E-state index in [-0.39, 0.29) is 17.9 Å². The van der Waals surface area contributed by atoms with E-state index in [1.54, 1.807) is 6.26 Å². The summed E-state index contributed by atoms with van der Waals surface area (Å²) in [4.78, 5) is 12.0. The summed E-state index contributed by atoms with van der Waals surface area (Å²) in [6.07, 6.45) is 2.40. The molecule has 2 heterocycles. The zero-order valence-electron chi connectivity index (χ0n) is 10.4. The molecule has 94 valence electrons. The van der Waals surface area contributed by atoms with Crippen molar-refractivity contribution in [1.29, 1.82) is 0 Å². The van der Waals surface area contributed by atoms with Crippen LogP contribution in [0.2, 0.25) is 0 Å². The van der Waals surface area contributed by atoms with Crippen molar-refractivity contribution in [3.63, 3.8) is 0 Å². The molecule has 0 bridgehead atoms. The summed E-state index contributed by atoms with van der Waals surface area (Å²) in [5.74, 6) is 1.59. The molecule has 1 fully saturated rings. The maximum Gasteiger partial charge on any atom is 0.224 e. The average molecular weight is 236 g/mol. The van der Waals surface area contributed by atoms with E-state index in [1.165, 1.54) is 0 Å². The van der Waals surface area contributed by atoms with Gasteiger partial charge in [0, 0.05) is 19.0 Å². The SMILES string of the molecule is CC(Cc1ccco1)NC(=O)[C@@H]1CNC[C@H]1C. The first-order valence-electron chi connectivity index (χ1n) is 6.20. The van der Waals surface area contributed by atoms with Crippen LogP contribution in [0.3, 0.4) is 0 Å². The number of nitrogens with one attached hydrogen (secondary N) is 2. The Hall–Kier alpha value is -1.29. The van der Waals surface area contributed by atoms with Crippen molar-refractivity contribution in [2.45, 2.75) is 26.3 Å². The van der Waals surface area contributed by atoms with Gasteiger partial charge in [0.05, 0.1) is 12.2 Å². The zero-order chi connectivity index (χ0) is 12.3. The fourth-order valence-corrected chi connectivity index (χ4v) is 2.29. The van der Waals surface area contributed by atoms with Crippen LogP contribution in [0.5, 0.6) is 0 Å². The molecular weight excluding hydrogens is 216 g/mol. The Balaban J connectivity index is 1.82. The highest BCUT2D eigenvalue weighted by Crippen LogP contribution is 2.16. The van der Waals surface area contributed by atoms with Crippen molar-refractivity contribution in [3.05, 3.63) is 24.2 Å². The first-order valence-corrected chi connectivity index (χ1v) is 6.20. The van der Waals surface area contributed by atoms with Gasteiger partial charge >= 0.3 is 0 Å². The van der Waals surface area contributed by atoms with Crippen molar-refractivity contribution < 1.29 is 9.21 Å². The molecule has 1 aromatic heterocycles. The summed E-state index contributed by atoms with van der Waals surface area (Å²) in [5, 5.41) is 6.29. The van der Waals surface area contributed by atoms with Crippen LogP contribution in [0.25, 0.3) is 0 Å². The third-order valence-corrected chi connectivity index (χ3v) is 3.33. The quantitative estimate of drug-likeness (QED) is 0.825. The summed E-state index contributed by atoms with van der Waals surface area (Å²) < 4.78 is 5.27. The Morgan fingerprint density at radius 3 is 3.06 bits per heavy atom. The smallest absolute Gasteiger partial charge is 0.224 e. The highest BCUT2D eigenvalue weighted by molar-refractivity contribution is 5.79. The standard InChI is InChI=1S/C13H20N2O2/c1-9-7-14-8-12(9)13(16)15-10(2)6-11-4-3-5-17-11/h3-5,9-10,12,14H,6-8H2,1-2H3,(H,15,16)/t9-,10?,12-/m1/s1. The molecule has 2 rings (SSSR count). The summed E-state index contributed by atoms with van der Waals surface area (Å²) in [5.41, 5.74) is 0. The van der Waals surface area contributed by atoms with Crippen LogP contribution in [0, 0.1) is 11.8 Å². The number of hydrogen-bond acceptors (Lipinski definition) is 3. The van der Waals surface area contributed by atoms with Gasteiger partial charge in [0.1, 0.15) is 5.76 Å². The molecule has 1 saturated heterocycles. The normalized spacial score (nSPS) is 25.8. The number of carbonyl (C=O) groups is 1. The molecule has 0 saturated carbocycles. The molecule has 2 N–H and O–H groups in total. The zero-order valence-corrected chi connectivity index (χ0v) is 10.4. The minimum Gasteiger partial charge on any atom is -0.469 e. The van der Waals surface area contributed by atoms with Crippen molar-refractivity contribution >= 4 is 5.91 Å². The lowest BCUT2D eigenvalue weighted by Crippen LogP contribution is -2.40. The van der Waals surface area contributed by atoms with E-state index < -0.39 is 0 Å². The molecule has 1 aliphatic heterocycles. The monoisotopic (exact) mass is 236 g/mol. The lowest BCUT2D eigenvalue weighted by atomic mass is 9.97. The second kappa shape index (κ2) is 5.36. The highest BCUT2D eigenvalue weighted by atomic mass is 16.3. The maximum absolute atomic E-state index is 12.0. The van der Waals surface area contributed by atoms with Gasteiger partial charge in [0.2, 0.25) is 5.91 Å². The Labute approximate surface area is 102 Å². The van der Waals surface area contributed by atoms with Gasteiger partial charge in [-0.1, -0.05) is 6.92 Å². The molecule has 1 aliphatic rings. The fraction of sp³-hybridized carbons (Fsp3) is 0.615. The molecule has 1 unspecified atom stereocenters. The van der Waals surface area contributed by atoms with Gasteiger partial charge in [-0.25, -0.2) is 0 Å². The van der Waals surface area contributed by atoms with Crippen LogP contribution in [0.4, 0.5) is 0 Å². The first-order chi connectivity index (χ1) is 8.16. The Morgan fingerprint density at radius 1 is 1.65 bits per heavy atom. The van der Waals surface area contributed by atoms with E-state index in [2.05, 4.69) is 17.6 Å². The predicted molar refractivity (Wildman–Crippen MR) is 65.5 cm³/mol. The molecule has 0 aliphatic carbocycles. The molecule has 17 heavy (non-hydrogen) atoms. The third-order valence-electron chi connectivity index (χ3n) is 3.33. The first kappa shape index (κ1) is 12.2. The molecule has 4 nitrogen and oxygen atoms in total. The van der Waals surface area contributed by atoms with E-state index >= 15 is 0 Å². The van der Waals surface area contributed by atoms with Crippen molar-refractivity contribution in [2.75, 3.05) is 13.1 Å². The Kier molecular flexibility index (Phi) is 3.84. The van der Waals surface area contributed by atoms with E-state index in [1.807, 2.05) is 19.1 Å². The topological polar surface area (TPSA) is 54.3 Å². The minimum atomic E-state index is 0.106. The summed E-state index contributed by atoms with van der Waals surface area (Å²) in [6, 6.07) is 3.91. The second-order valence-corrected chi connectivity index (χ2v) is 4.94. The fourth-order valence-electron chi connectivity index (χ4n) is 2.29. The maximum atomic E-state index is 12.0. The molecule has 0 spiro atoms. The summed E-state index contributed by atoms with van der Waals surface area (Å²) in [6.45, 7) is 5.85. The molecule has 1 amide bonds. The van der Waals surface area contributed by atoms with Crippen LogP contribution >= 0.6 is 0 Å². The Morgan fingerprint density at radius 2 is 2.47 bits per heavy atom. The number of rotatable bonds is 4. The van der Waals surface area contributed by atoms with Crippen molar-refractivity contribution in [3.8, 4) is 0 Å². The van der Waals surface area contributed by atoms with Gasteiger partial charge in [-0.05, 0) is 31.5 Å². The summed E-state index contributed by atoms with van der Waals surface area (Å²) >= 11 is 0. The number of amides is 1. The minimum absolute atomic E-state index is 0.106. The highest BCUT2D eigenvalue weighted by Gasteiger charge is 2.30. The summed E-state index contributed by atoms with van der Waals surface area (Å²) in [7, 11) is 0. The van der Waals surface area contributed by atoms with Gasteiger partial charge in [-0.3, -0.25) is 4.79 Å². The van der Waals surface area contributed by atoms with E-state index in [0.29, 0.717) is 5.92 Å². The van der Waals surface area contributed by atoms with Crippen molar-refractivity contribution in [2.24, 2.45) is 11.8 Å². The van der Waals surface area contributed by atoms with Gasteiger partial charge in [-0.15, -0.1) is 0 Å². The van der Waals surface area contributed by atoms with E-state index in [9.17, 15) is 4.79 Å². The van der Waals surface area contributed by atoms with Crippen LogP contribution in [0.1, 0.15) is 19.6 Å². The van der Waals surface area contributed by atoms with E-state index in [0.717, 1.165) is 25.3 Å². The van der Waals surface area contributed by atoms with Gasteiger partial charge in [0.15, 0.2) is 0 Å². The van der Waals surface area contributed by atoms with Crippen LogP contribution in [-0.2, 0) is 11.2 Å². The molecule has 1 aromatic rings. The Bertz CT molecular complexity index is 362. The largest absolute Gasteiger partial charge is 0.469 e. The third kappa shape index (κ3) is 3.09. The lowest BCUT2D eigenvalue weighted by molar-refractivity contribution is -0.126. The van der Waals surface area contributed by atoms with Crippen LogP contribution < -0.4 is 10.6 Å². The predicted octanol–water partition coefficient (Wildman–Crippen LogP) is 1.18. The van der Waals surface area contributed by atoms with Gasteiger partial charge < -0.3 is 15.1 Å². The number of furan rings is 1. The van der Waals surface area contributed by atoms with E-state index in [4.69, 9.17) is 4.42 Å². The van der Waals surface area contributed by atoms with Crippen molar-refractivity contribution in [1.82, 2.24) is 10.6 Å².